The molecular weight excluding hydrogens is 290 g/mol. The van der Waals surface area contributed by atoms with Crippen LogP contribution in [0.25, 0.3) is 0 Å². The van der Waals surface area contributed by atoms with Crippen LogP contribution in [-0.4, -0.2) is 19.6 Å². The van der Waals surface area contributed by atoms with Gasteiger partial charge in [0.2, 0.25) is 0 Å². The topological polar surface area (TPSA) is 64.7 Å². The molecule has 0 amide bonds. The molecule has 3 rings (SSSR count). The van der Waals surface area contributed by atoms with E-state index in [1.165, 1.54) is 23.7 Å². The zero-order valence-electron chi connectivity index (χ0n) is 12.1. The summed E-state index contributed by atoms with van der Waals surface area (Å²) in [6.07, 6.45) is 6.49. The molecule has 1 fully saturated rings. The Morgan fingerprint density at radius 2 is 2.24 bits per heavy atom. The first-order chi connectivity index (χ1) is 10.1. The molecule has 0 unspecified atom stereocenters. The third-order valence-electron chi connectivity index (χ3n) is 3.63. The summed E-state index contributed by atoms with van der Waals surface area (Å²) in [5.74, 6) is 0.578. The fourth-order valence-corrected chi connectivity index (χ4v) is 2.46. The Hall–Kier alpha value is -1.82. The summed E-state index contributed by atoms with van der Waals surface area (Å²) in [7, 11) is 1.85. The van der Waals surface area contributed by atoms with Crippen molar-refractivity contribution in [3.8, 4) is 0 Å². The van der Waals surface area contributed by atoms with Gasteiger partial charge in [0.05, 0.1) is 22.6 Å². The number of aryl methyl sites for hydroxylation is 2. The van der Waals surface area contributed by atoms with Crippen LogP contribution < -0.4 is 10.9 Å². The number of halogens is 1. The Kier molecular flexibility index (Phi) is 3.71. The number of aromatic nitrogens is 4. The molecule has 7 heteroatoms. The largest absolute Gasteiger partial charge is 0.347 e. The van der Waals surface area contributed by atoms with Gasteiger partial charge >= 0.3 is 0 Å². The van der Waals surface area contributed by atoms with Gasteiger partial charge in [-0.05, 0) is 25.2 Å². The fourth-order valence-electron chi connectivity index (χ4n) is 2.29. The van der Waals surface area contributed by atoms with Crippen molar-refractivity contribution in [2.24, 2.45) is 13.0 Å². The molecule has 0 spiro atoms. The van der Waals surface area contributed by atoms with Gasteiger partial charge in [0.15, 0.2) is 0 Å². The predicted molar refractivity (Wildman–Crippen MR) is 82.1 cm³/mol. The predicted octanol–water partition coefficient (Wildman–Crippen LogP) is 2.35. The maximum absolute atomic E-state index is 12.5. The average Bonchev–Trinajstić information content (AvgIpc) is 3.20. The monoisotopic (exact) mass is 307 g/mol. The van der Waals surface area contributed by atoms with Crippen LogP contribution in [0.1, 0.15) is 25.5 Å². The Morgan fingerprint density at radius 3 is 2.90 bits per heavy atom. The van der Waals surface area contributed by atoms with Gasteiger partial charge < -0.3 is 5.32 Å². The van der Waals surface area contributed by atoms with Crippen molar-refractivity contribution < 1.29 is 0 Å². The first kappa shape index (κ1) is 14.1. The van der Waals surface area contributed by atoms with E-state index < -0.39 is 0 Å². The smallest absolute Gasteiger partial charge is 0.291 e. The van der Waals surface area contributed by atoms with Crippen molar-refractivity contribution in [1.29, 1.82) is 0 Å². The molecule has 2 aromatic heterocycles. The molecule has 0 saturated heterocycles. The normalized spacial score (nSPS) is 14.4. The van der Waals surface area contributed by atoms with Gasteiger partial charge in [0, 0.05) is 19.8 Å². The van der Waals surface area contributed by atoms with E-state index in [2.05, 4.69) is 15.5 Å². The third kappa shape index (κ3) is 2.95. The van der Waals surface area contributed by atoms with E-state index in [0.29, 0.717) is 23.2 Å². The second kappa shape index (κ2) is 5.52. The number of hydrogen-bond acceptors (Lipinski definition) is 4. The molecule has 112 valence electrons. The van der Waals surface area contributed by atoms with Crippen LogP contribution in [0.5, 0.6) is 0 Å². The number of hydrogen-bond donors (Lipinski definition) is 1. The quantitative estimate of drug-likeness (QED) is 0.921. The SMILES string of the molecule is CCc1nn(C)cc1Nc1c(Cl)cnn(CC2CC2)c1=O. The molecule has 2 aromatic rings. The van der Waals surface area contributed by atoms with Gasteiger partial charge in [-0.15, -0.1) is 0 Å². The first-order valence-electron chi connectivity index (χ1n) is 7.13. The zero-order valence-corrected chi connectivity index (χ0v) is 12.9. The summed E-state index contributed by atoms with van der Waals surface area (Å²) in [4.78, 5) is 12.5. The lowest BCUT2D eigenvalue weighted by atomic mass is 10.3. The van der Waals surface area contributed by atoms with Gasteiger partial charge in [-0.25, -0.2) is 4.68 Å². The van der Waals surface area contributed by atoms with Crippen LogP contribution in [0.4, 0.5) is 11.4 Å². The molecule has 1 saturated carbocycles. The summed E-state index contributed by atoms with van der Waals surface area (Å²) in [5.41, 5.74) is 1.90. The number of nitrogens with one attached hydrogen (secondary N) is 1. The Balaban J connectivity index is 1.95. The molecule has 1 aliphatic rings. The van der Waals surface area contributed by atoms with E-state index in [4.69, 9.17) is 11.6 Å². The summed E-state index contributed by atoms with van der Waals surface area (Å²) < 4.78 is 3.22. The van der Waals surface area contributed by atoms with Crippen LogP contribution in [-0.2, 0) is 20.0 Å². The van der Waals surface area contributed by atoms with Crippen LogP contribution >= 0.6 is 11.6 Å². The van der Waals surface area contributed by atoms with Gasteiger partial charge in [-0.1, -0.05) is 18.5 Å². The fraction of sp³-hybridized carbons (Fsp3) is 0.500. The lowest BCUT2D eigenvalue weighted by molar-refractivity contribution is 0.535. The minimum atomic E-state index is -0.180. The molecule has 0 aliphatic heterocycles. The number of rotatable bonds is 5. The minimum absolute atomic E-state index is 0.180. The molecule has 21 heavy (non-hydrogen) atoms. The average molecular weight is 308 g/mol. The molecule has 1 N–H and O–H groups in total. The van der Waals surface area contributed by atoms with Gasteiger partial charge in [0.1, 0.15) is 5.69 Å². The lowest BCUT2D eigenvalue weighted by Crippen LogP contribution is -2.26. The number of nitrogens with zero attached hydrogens (tertiary/aromatic N) is 4. The summed E-state index contributed by atoms with van der Waals surface area (Å²) in [6, 6.07) is 0. The number of anilines is 2. The highest BCUT2D eigenvalue weighted by atomic mass is 35.5. The van der Waals surface area contributed by atoms with E-state index in [1.807, 2.05) is 20.2 Å². The van der Waals surface area contributed by atoms with E-state index >= 15 is 0 Å². The maximum atomic E-state index is 12.5. The van der Waals surface area contributed by atoms with Crippen molar-refractivity contribution in [3.05, 3.63) is 33.5 Å². The molecule has 6 nitrogen and oxygen atoms in total. The standard InChI is InChI=1S/C14H18ClN5O/c1-3-11-12(8-19(2)18-11)17-13-10(15)6-16-20(14(13)21)7-9-4-5-9/h6,8-9,17H,3-5,7H2,1-2H3. The van der Waals surface area contributed by atoms with Crippen molar-refractivity contribution >= 4 is 23.0 Å². The highest BCUT2D eigenvalue weighted by molar-refractivity contribution is 6.33. The van der Waals surface area contributed by atoms with Crippen molar-refractivity contribution in [2.75, 3.05) is 5.32 Å². The van der Waals surface area contributed by atoms with Crippen LogP contribution in [0.3, 0.4) is 0 Å². The second-order valence-corrected chi connectivity index (χ2v) is 5.85. The van der Waals surface area contributed by atoms with Crippen molar-refractivity contribution in [2.45, 2.75) is 32.7 Å². The lowest BCUT2D eigenvalue weighted by Gasteiger charge is -2.10. The van der Waals surface area contributed by atoms with Crippen LogP contribution in [0.2, 0.25) is 5.02 Å². The summed E-state index contributed by atoms with van der Waals surface area (Å²) in [5, 5.41) is 11.9. The minimum Gasteiger partial charge on any atom is -0.347 e. The molecule has 2 heterocycles. The van der Waals surface area contributed by atoms with Gasteiger partial charge in [0.25, 0.3) is 5.56 Å². The molecule has 0 bridgehead atoms. The first-order valence-corrected chi connectivity index (χ1v) is 7.51. The summed E-state index contributed by atoms with van der Waals surface area (Å²) in [6.45, 7) is 2.69. The molecule has 0 aromatic carbocycles. The van der Waals surface area contributed by atoms with E-state index in [0.717, 1.165) is 17.8 Å². The third-order valence-corrected chi connectivity index (χ3v) is 3.91. The Morgan fingerprint density at radius 1 is 1.48 bits per heavy atom. The van der Waals surface area contributed by atoms with Gasteiger partial charge in [-0.3, -0.25) is 9.48 Å². The van der Waals surface area contributed by atoms with Crippen LogP contribution in [0.15, 0.2) is 17.2 Å². The molecule has 1 aliphatic carbocycles. The van der Waals surface area contributed by atoms with Gasteiger partial charge in [-0.2, -0.15) is 10.2 Å². The Labute approximate surface area is 127 Å². The van der Waals surface area contributed by atoms with E-state index in [-0.39, 0.29) is 5.56 Å². The van der Waals surface area contributed by atoms with Crippen molar-refractivity contribution in [3.63, 3.8) is 0 Å². The molecule has 0 radical (unpaired) electrons. The van der Waals surface area contributed by atoms with Crippen LogP contribution in [0, 0.1) is 5.92 Å². The maximum Gasteiger partial charge on any atom is 0.291 e. The molecule has 0 atom stereocenters. The molecular formula is C14H18ClN5O. The van der Waals surface area contributed by atoms with E-state index in [9.17, 15) is 4.79 Å². The second-order valence-electron chi connectivity index (χ2n) is 5.44. The summed E-state index contributed by atoms with van der Waals surface area (Å²) >= 11 is 6.14. The highest BCUT2D eigenvalue weighted by Gasteiger charge is 2.23. The highest BCUT2D eigenvalue weighted by Crippen LogP contribution is 2.30. The van der Waals surface area contributed by atoms with Crippen molar-refractivity contribution in [1.82, 2.24) is 19.6 Å². The Bertz CT molecular complexity index is 717. The zero-order chi connectivity index (χ0) is 15.0. The van der Waals surface area contributed by atoms with E-state index in [1.54, 1.807) is 4.68 Å².